The summed E-state index contributed by atoms with van der Waals surface area (Å²) in [6, 6.07) is 16.1. The number of ether oxygens (including phenoxy) is 2. The van der Waals surface area contributed by atoms with Gasteiger partial charge in [-0.25, -0.2) is 0 Å². The Morgan fingerprint density at radius 1 is 0.514 bits per heavy atom. The van der Waals surface area contributed by atoms with E-state index < -0.39 is 51.4 Å². The van der Waals surface area contributed by atoms with Crippen LogP contribution in [0.2, 0.25) is 0 Å². The standard InChI is InChI=1S/C21H10F6N4O2S2/c22-13-15(24)19(30-28-17(13)26)32-21(34-11-7-3-1-4-8-11,35-12-9-5-2-6-10-12)33-20-16(25)14(23)18(27)29-31-20/h1-10H. The molecule has 0 bridgehead atoms. The smallest absolute Gasteiger partial charge is 0.366 e. The van der Waals surface area contributed by atoms with Gasteiger partial charge in [-0.15, -0.1) is 20.4 Å². The van der Waals surface area contributed by atoms with Crippen LogP contribution in [-0.2, 0) is 0 Å². The summed E-state index contributed by atoms with van der Waals surface area (Å²) in [6.07, 6.45) is 0. The van der Waals surface area contributed by atoms with Gasteiger partial charge in [0.1, 0.15) is 0 Å². The SMILES string of the molecule is Fc1nnc(OC(Oc2nnc(F)c(F)c2F)(Sc2ccccc2)Sc2ccccc2)c(F)c1F. The zero-order valence-corrected chi connectivity index (χ0v) is 18.6. The summed E-state index contributed by atoms with van der Waals surface area (Å²) >= 11 is 1.35. The minimum Gasteiger partial charge on any atom is -0.412 e. The second kappa shape index (κ2) is 10.4. The van der Waals surface area contributed by atoms with Crippen LogP contribution in [0.15, 0.2) is 70.5 Å². The summed E-state index contributed by atoms with van der Waals surface area (Å²) < 4.78 is 92.0. The first-order chi connectivity index (χ1) is 16.8. The van der Waals surface area contributed by atoms with Crippen LogP contribution in [0.3, 0.4) is 0 Å². The number of benzene rings is 2. The van der Waals surface area contributed by atoms with Gasteiger partial charge < -0.3 is 9.47 Å². The van der Waals surface area contributed by atoms with E-state index in [0.29, 0.717) is 33.3 Å². The Bertz CT molecular complexity index is 1240. The fourth-order valence-electron chi connectivity index (χ4n) is 2.48. The number of hydrogen-bond donors (Lipinski definition) is 0. The van der Waals surface area contributed by atoms with E-state index in [2.05, 4.69) is 20.4 Å². The van der Waals surface area contributed by atoms with Crippen LogP contribution < -0.4 is 9.47 Å². The van der Waals surface area contributed by atoms with Crippen molar-refractivity contribution in [3.8, 4) is 11.8 Å². The molecule has 6 nitrogen and oxygen atoms in total. The fourth-order valence-corrected chi connectivity index (χ4v) is 4.87. The molecule has 35 heavy (non-hydrogen) atoms. The van der Waals surface area contributed by atoms with E-state index in [4.69, 9.17) is 9.47 Å². The maximum Gasteiger partial charge on any atom is 0.366 e. The summed E-state index contributed by atoms with van der Waals surface area (Å²) in [6.45, 7) is 0. The van der Waals surface area contributed by atoms with Crippen molar-refractivity contribution in [1.29, 1.82) is 0 Å². The Balaban J connectivity index is 1.87. The van der Waals surface area contributed by atoms with Crippen molar-refractivity contribution in [1.82, 2.24) is 20.4 Å². The zero-order valence-electron chi connectivity index (χ0n) is 17.0. The molecule has 0 fully saturated rings. The Morgan fingerprint density at radius 3 is 1.26 bits per heavy atom. The lowest BCUT2D eigenvalue weighted by Gasteiger charge is -2.31. The van der Waals surface area contributed by atoms with E-state index in [1.807, 2.05) is 0 Å². The highest BCUT2D eigenvalue weighted by atomic mass is 32.2. The van der Waals surface area contributed by atoms with E-state index in [1.165, 1.54) is 0 Å². The average Bonchev–Trinajstić information content (AvgIpc) is 2.86. The van der Waals surface area contributed by atoms with Crippen molar-refractivity contribution in [3.05, 3.63) is 95.8 Å². The van der Waals surface area contributed by atoms with Crippen molar-refractivity contribution >= 4 is 23.5 Å². The van der Waals surface area contributed by atoms with Crippen LogP contribution in [-0.4, -0.2) is 24.8 Å². The van der Waals surface area contributed by atoms with E-state index in [-0.39, 0.29) is 0 Å². The molecular formula is C21H10F6N4O2S2. The third kappa shape index (κ3) is 5.59. The highest BCUT2D eigenvalue weighted by Gasteiger charge is 2.43. The Morgan fingerprint density at radius 2 is 0.886 bits per heavy atom. The number of thioether (sulfide) groups is 2. The van der Waals surface area contributed by atoms with Crippen LogP contribution >= 0.6 is 23.5 Å². The third-order valence-corrected chi connectivity index (χ3v) is 6.34. The Kier molecular flexibility index (Phi) is 7.31. The molecule has 180 valence electrons. The molecule has 0 unspecified atom stereocenters. The average molecular weight is 528 g/mol. The number of hydrogen-bond acceptors (Lipinski definition) is 8. The fraction of sp³-hybridized carbons (Fsp3) is 0.0476. The molecule has 0 aliphatic carbocycles. The monoisotopic (exact) mass is 528 g/mol. The minimum absolute atomic E-state index is 0.392. The molecule has 0 N–H and O–H groups in total. The van der Waals surface area contributed by atoms with Crippen LogP contribution in [0.5, 0.6) is 11.8 Å². The molecule has 0 radical (unpaired) electrons. The van der Waals surface area contributed by atoms with E-state index >= 15 is 0 Å². The normalized spacial score (nSPS) is 11.4. The highest BCUT2D eigenvalue weighted by Crippen LogP contribution is 2.48. The van der Waals surface area contributed by atoms with Crippen molar-refractivity contribution in [2.75, 3.05) is 0 Å². The highest BCUT2D eigenvalue weighted by molar-refractivity contribution is 8.17. The van der Waals surface area contributed by atoms with Crippen molar-refractivity contribution in [3.63, 3.8) is 0 Å². The zero-order chi connectivity index (χ0) is 25.0. The van der Waals surface area contributed by atoms with E-state index in [1.54, 1.807) is 60.7 Å². The molecule has 0 saturated heterocycles. The van der Waals surface area contributed by atoms with Gasteiger partial charge in [0.2, 0.25) is 23.3 Å². The first-order valence-corrected chi connectivity index (χ1v) is 11.0. The Labute approximate surface area is 201 Å². The molecule has 14 heteroatoms. The largest absolute Gasteiger partial charge is 0.412 e. The summed E-state index contributed by atoms with van der Waals surface area (Å²) in [5, 5.41) is 12.0. The molecule has 0 atom stereocenters. The molecule has 4 aromatic rings. The van der Waals surface area contributed by atoms with Crippen LogP contribution in [0, 0.1) is 35.2 Å². The Hall–Kier alpha value is -3.52. The molecule has 4 rings (SSSR count). The van der Waals surface area contributed by atoms with Crippen molar-refractivity contribution in [2.24, 2.45) is 0 Å². The first-order valence-electron chi connectivity index (χ1n) is 9.38. The third-order valence-electron chi connectivity index (χ3n) is 4.00. The summed E-state index contributed by atoms with van der Waals surface area (Å²) in [4.78, 5) is 0.783. The second-order valence-electron chi connectivity index (χ2n) is 6.38. The van der Waals surface area contributed by atoms with Gasteiger partial charge in [-0.2, -0.15) is 26.3 Å². The second-order valence-corrected chi connectivity index (χ2v) is 9.07. The number of nitrogens with zero attached hydrogens (tertiary/aromatic N) is 4. The van der Waals surface area contributed by atoms with Crippen LogP contribution in [0.1, 0.15) is 0 Å². The van der Waals surface area contributed by atoms with Gasteiger partial charge in [0.15, 0.2) is 0 Å². The van der Waals surface area contributed by atoms with Crippen molar-refractivity contribution < 1.29 is 35.8 Å². The van der Waals surface area contributed by atoms with E-state index in [0.717, 1.165) is 0 Å². The molecule has 0 aliphatic heterocycles. The van der Waals surface area contributed by atoms with Gasteiger partial charge in [0.05, 0.1) is 0 Å². The lowest BCUT2D eigenvalue weighted by atomic mass is 10.4. The predicted octanol–water partition coefficient (Wildman–Crippen LogP) is 5.75. The summed E-state index contributed by atoms with van der Waals surface area (Å²) in [7, 11) is 0. The maximum absolute atomic E-state index is 14.5. The van der Waals surface area contributed by atoms with Crippen molar-refractivity contribution in [2.45, 2.75) is 14.2 Å². The van der Waals surface area contributed by atoms with Gasteiger partial charge in [-0.3, -0.25) is 0 Å². The van der Waals surface area contributed by atoms with Crippen LogP contribution in [0.4, 0.5) is 26.3 Å². The minimum atomic E-state index is -2.36. The summed E-state index contributed by atoms with van der Waals surface area (Å²) in [5.41, 5.74) is 0. The maximum atomic E-state index is 14.5. The number of rotatable bonds is 8. The summed E-state index contributed by atoms with van der Waals surface area (Å²) in [5.74, 6) is -13.7. The predicted molar refractivity (Wildman–Crippen MR) is 112 cm³/mol. The lowest BCUT2D eigenvalue weighted by molar-refractivity contribution is 0.0325. The molecule has 2 heterocycles. The molecular weight excluding hydrogens is 518 g/mol. The van der Waals surface area contributed by atoms with Gasteiger partial charge in [-0.1, -0.05) is 36.4 Å². The molecule has 0 saturated carbocycles. The lowest BCUT2D eigenvalue weighted by Crippen LogP contribution is -2.37. The van der Waals surface area contributed by atoms with Crippen LogP contribution in [0.25, 0.3) is 0 Å². The topological polar surface area (TPSA) is 70.0 Å². The van der Waals surface area contributed by atoms with Gasteiger partial charge in [0.25, 0.3) is 23.7 Å². The molecule has 2 aromatic carbocycles. The number of aromatic nitrogens is 4. The molecule has 2 aromatic heterocycles. The first kappa shape index (κ1) is 24.6. The van der Waals surface area contributed by atoms with Gasteiger partial charge in [-0.05, 0) is 47.8 Å². The van der Waals surface area contributed by atoms with E-state index in [9.17, 15) is 26.3 Å². The number of halogens is 6. The molecule has 0 aliphatic rings. The van der Waals surface area contributed by atoms with Gasteiger partial charge >= 0.3 is 4.45 Å². The van der Waals surface area contributed by atoms with Gasteiger partial charge in [0, 0.05) is 9.79 Å². The quantitative estimate of drug-likeness (QED) is 0.163. The molecule has 0 spiro atoms. The molecule has 0 amide bonds.